The minimum absolute atomic E-state index is 0.00788. The number of carbonyl (C=O) groups excluding carboxylic acids is 2. The van der Waals surface area contributed by atoms with Crippen molar-refractivity contribution in [3.05, 3.63) is 68.6 Å². The molecule has 3 N–H and O–H groups in total. The number of fused-ring (bicyclic) bond motifs is 2. The van der Waals surface area contributed by atoms with Crippen molar-refractivity contribution in [3.8, 4) is 5.75 Å². The summed E-state index contributed by atoms with van der Waals surface area (Å²) in [4.78, 5) is 64.6. The van der Waals surface area contributed by atoms with Crippen LogP contribution < -0.4 is 20.5 Å². The van der Waals surface area contributed by atoms with Gasteiger partial charge in [-0.25, -0.2) is 19.9 Å². The van der Waals surface area contributed by atoms with Gasteiger partial charge in [0.2, 0.25) is 11.3 Å². The van der Waals surface area contributed by atoms with E-state index in [1.807, 2.05) is 11.8 Å². The van der Waals surface area contributed by atoms with Gasteiger partial charge in [-0.05, 0) is 57.2 Å². The van der Waals surface area contributed by atoms with Crippen molar-refractivity contribution in [2.45, 2.75) is 82.9 Å². The van der Waals surface area contributed by atoms with Crippen molar-refractivity contribution in [1.82, 2.24) is 29.4 Å². The molecule has 280 valence electrons. The minimum Gasteiger partial charge on any atom is -0.504 e. The zero-order valence-electron chi connectivity index (χ0n) is 29.1. The number of alkyl halides is 3. The van der Waals surface area contributed by atoms with Gasteiger partial charge in [-0.15, -0.1) is 0 Å². The van der Waals surface area contributed by atoms with Gasteiger partial charge < -0.3 is 34.8 Å². The summed E-state index contributed by atoms with van der Waals surface area (Å²) in [6.45, 7) is 3.49. The van der Waals surface area contributed by atoms with Gasteiger partial charge in [0.15, 0.2) is 22.6 Å². The quantitative estimate of drug-likeness (QED) is 0.238. The van der Waals surface area contributed by atoms with E-state index in [0.717, 1.165) is 24.6 Å². The molecule has 14 nitrogen and oxygen atoms in total. The number of hydrogen-bond acceptors (Lipinski definition) is 11. The predicted molar refractivity (Wildman–Crippen MR) is 189 cm³/mol. The zero-order chi connectivity index (χ0) is 37.9. The molecule has 1 aliphatic heterocycles. The smallest absolute Gasteiger partial charge is 0.416 e. The van der Waals surface area contributed by atoms with Crippen LogP contribution in [0.15, 0.2) is 35.5 Å². The van der Waals surface area contributed by atoms with Gasteiger partial charge in [0.1, 0.15) is 24.4 Å². The maximum Gasteiger partial charge on any atom is 0.416 e. The summed E-state index contributed by atoms with van der Waals surface area (Å²) in [6.07, 6.45) is 0.481. The standard InChI is InChI=1S/C35H37ClF3N9O5/c1-4-21-30(46-11-12-47(23-8-7-22(23)46)34(53)29-31(51)17(2)41-16-42-29)32(52)28-33(40-14-26(44-28)45(3)24-9-10-25(24)49)48(21)15-27(50)43-20-6-5-18(13-19(20)36)35(37,38)39/h5-6,13-14,16,22-25,49,51H,4,7-12,15H2,1-3H3,(H,43,50)/t22-,23-,24?,25?/m0/s1. The molecule has 4 aromatic rings. The summed E-state index contributed by atoms with van der Waals surface area (Å²) in [6, 6.07) is 1.85. The van der Waals surface area contributed by atoms with E-state index in [9.17, 15) is 37.8 Å². The number of pyridine rings is 1. The second-order valence-electron chi connectivity index (χ2n) is 13.6. The Hall–Kier alpha value is -5.03. The molecule has 0 spiro atoms. The fourth-order valence-electron chi connectivity index (χ4n) is 7.46. The first-order valence-electron chi connectivity index (χ1n) is 17.3. The molecule has 53 heavy (non-hydrogen) atoms. The summed E-state index contributed by atoms with van der Waals surface area (Å²) in [5.74, 6) is -0.997. The Morgan fingerprint density at radius 1 is 1.09 bits per heavy atom. The van der Waals surface area contributed by atoms with Crippen molar-refractivity contribution < 1.29 is 33.0 Å². The third-order valence-electron chi connectivity index (χ3n) is 10.6. The molecular formula is C35H37ClF3N9O5. The molecule has 3 fully saturated rings. The number of rotatable bonds is 8. The van der Waals surface area contributed by atoms with Gasteiger partial charge in [0, 0.05) is 31.9 Å². The number of carbonyl (C=O) groups is 2. The van der Waals surface area contributed by atoms with Crippen LogP contribution in [0.25, 0.3) is 11.2 Å². The first-order chi connectivity index (χ1) is 25.2. The highest BCUT2D eigenvalue weighted by atomic mass is 35.5. The number of hydrogen-bond donors (Lipinski definition) is 3. The highest BCUT2D eigenvalue weighted by Gasteiger charge is 2.47. The Balaban J connectivity index is 1.28. The van der Waals surface area contributed by atoms with Crippen LogP contribution in [0.4, 0.5) is 30.4 Å². The first kappa shape index (κ1) is 36.3. The van der Waals surface area contributed by atoms with Crippen molar-refractivity contribution in [2.75, 3.05) is 35.3 Å². The van der Waals surface area contributed by atoms with Crippen molar-refractivity contribution >= 4 is 51.8 Å². The van der Waals surface area contributed by atoms with Crippen molar-refractivity contribution in [2.24, 2.45) is 0 Å². The predicted octanol–water partition coefficient (Wildman–Crippen LogP) is 3.92. The Morgan fingerprint density at radius 3 is 2.47 bits per heavy atom. The lowest BCUT2D eigenvalue weighted by molar-refractivity contribution is -0.137. The summed E-state index contributed by atoms with van der Waals surface area (Å²) < 4.78 is 41.3. The van der Waals surface area contributed by atoms with Gasteiger partial charge in [0.25, 0.3) is 5.91 Å². The highest BCUT2D eigenvalue weighted by molar-refractivity contribution is 6.33. The van der Waals surface area contributed by atoms with Crippen LogP contribution in [0.5, 0.6) is 5.75 Å². The summed E-state index contributed by atoms with van der Waals surface area (Å²) in [5, 5.41) is 23.2. The van der Waals surface area contributed by atoms with E-state index in [2.05, 4.69) is 20.3 Å². The minimum atomic E-state index is -4.62. The van der Waals surface area contributed by atoms with Crippen LogP contribution in [0.1, 0.15) is 60.0 Å². The molecule has 4 heterocycles. The zero-order valence-corrected chi connectivity index (χ0v) is 29.8. The number of aromatic hydroxyl groups is 1. The summed E-state index contributed by atoms with van der Waals surface area (Å²) >= 11 is 6.15. The maximum atomic E-state index is 14.6. The average molecular weight is 756 g/mol. The van der Waals surface area contributed by atoms with Gasteiger partial charge in [0.05, 0.1) is 46.4 Å². The molecule has 2 unspecified atom stereocenters. The number of nitrogens with zero attached hydrogens (tertiary/aromatic N) is 8. The van der Waals surface area contributed by atoms with Crippen LogP contribution in [0, 0.1) is 6.92 Å². The number of anilines is 3. The third-order valence-corrected chi connectivity index (χ3v) is 10.9. The fourth-order valence-corrected chi connectivity index (χ4v) is 7.69. The SMILES string of the molecule is CCc1c(N2CCN(C(=O)c3ncnc(C)c3O)[C@H]3CC[C@@H]32)c(=O)c2nc(N(C)C3CCC3O)cnc2n1CC(=O)Nc1ccc(C(F)(F)F)cc1Cl. The topological polar surface area (TPSA) is 170 Å². The third kappa shape index (κ3) is 6.38. The molecule has 2 aliphatic carbocycles. The van der Waals surface area contributed by atoms with E-state index in [1.165, 1.54) is 12.5 Å². The molecule has 4 atom stereocenters. The van der Waals surface area contributed by atoms with Gasteiger partial charge >= 0.3 is 6.18 Å². The second-order valence-corrected chi connectivity index (χ2v) is 14.0. The molecule has 1 aromatic carbocycles. The van der Waals surface area contributed by atoms with Crippen LogP contribution in [-0.4, -0.2) is 95.8 Å². The number of aliphatic hydroxyl groups is 1. The number of likely N-dealkylation sites (N-methyl/N-ethyl adjacent to an activating group) is 1. The molecule has 1 saturated heterocycles. The molecule has 0 bridgehead atoms. The number of aromatic nitrogens is 5. The molecule has 3 aromatic heterocycles. The lowest BCUT2D eigenvalue weighted by Crippen LogP contribution is -2.67. The number of halogens is 4. The number of piperazine rings is 1. The van der Waals surface area contributed by atoms with E-state index >= 15 is 0 Å². The lowest BCUT2D eigenvalue weighted by atomic mass is 9.81. The van der Waals surface area contributed by atoms with Crippen LogP contribution >= 0.6 is 11.6 Å². The molecule has 7 rings (SSSR count). The monoisotopic (exact) mass is 755 g/mol. The Bertz CT molecular complexity index is 2180. The average Bonchev–Trinajstić information content (AvgIpc) is 3.10. The fraction of sp³-hybridized carbons (Fsp3) is 0.457. The van der Waals surface area contributed by atoms with Gasteiger partial charge in [-0.2, -0.15) is 13.2 Å². The largest absolute Gasteiger partial charge is 0.504 e. The lowest BCUT2D eigenvalue weighted by Gasteiger charge is -2.54. The molecule has 0 radical (unpaired) electrons. The molecule has 3 aliphatic rings. The van der Waals surface area contributed by atoms with Gasteiger partial charge in [-0.1, -0.05) is 18.5 Å². The van der Waals surface area contributed by atoms with E-state index in [0.29, 0.717) is 36.5 Å². The van der Waals surface area contributed by atoms with E-state index in [4.69, 9.17) is 16.6 Å². The van der Waals surface area contributed by atoms with Crippen LogP contribution in [-0.2, 0) is 23.9 Å². The molecule has 2 saturated carbocycles. The summed E-state index contributed by atoms with van der Waals surface area (Å²) in [5.41, 5.74) is -0.307. The van der Waals surface area contributed by atoms with E-state index < -0.39 is 35.1 Å². The van der Waals surface area contributed by atoms with Crippen LogP contribution in [0.3, 0.4) is 0 Å². The Labute approximate surface area is 306 Å². The number of amides is 2. The van der Waals surface area contributed by atoms with Crippen molar-refractivity contribution in [1.29, 1.82) is 0 Å². The Morgan fingerprint density at radius 2 is 1.85 bits per heavy atom. The molecule has 18 heteroatoms. The molecule has 2 amide bonds. The Kier molecular flexibility index (Phi) is 9.42. The van der Waals surface area contributed by atoms with E-state index in [1.54, 1.807) is 28.3 Å². The molecular weight excluding hydrogens is 719 g/mol. The normalized spacial score (nSPS) is 21.1. The van der Waals surface area contributed by atoms with Gasteiger partial charge in [-0.3, -0.25) is 14.4 Å². The second kappa shape index (κ2) is 13.7. The van der Waals surface area contributed by atoms with Crippen molar-refractivity contribution in [3.63, 3.8) is 0 Å². The van der Waals surface area contributed by atoms with Crippen LogP contribution in [0.2, 0.25) is 5.02 Å². The number of nitrogens with one attached hydrogen (secondary N) is 1. The number of benzene rings is 1. The first-order valence-corrected chi connectivity index (χ1v) is 17.6. The highest BCUT2D eigenvalue weighted by Crippen LogP contribution is 2.39. The number of aryl methyl sites for hydroxylation is 1. The summed E-state index contributed by atoms with van der Waals surface area (Å²) in [7, 11) is 1.76. The maximum absolute atomic E-state index is 14.6. The number of aliphatic hydroxyl groups excluding tert-OH is 1. The van der Waals surface area contributed by atoms with E-state index in [-0.39, 0.29) is 83.2 Å².